The Morgan fingerprint density at radius 3 is 2.81 bits per heavy atom. The number of hydrogen-bond donors (Lipinski definition) is 1. The Hall–Kier alpha value is -2.80. The van der Waals surface area contributed by atoms with Crippen LogP contribution in [-0.4, -0.2) is 32.6 Å². The van der Waals surface area contributed by atoms with E-state index in [1.54, 1.807) is 36.8 Å². The number of rotatable bonds is 4. The van der Waals surface area contributed by atoms with Crippen molar-refractivity contribution in [3.8, 4) is 11.3 Å². The lowest BCUT2D eigenvalue weighted by molar-refractivity contribution is -0.120. The molecule has 3 aromatic heterocycles. The number of pyridine rings is 2. The number of nitrogens with one attached hydrogen (secondary N) is 1. The highest BCUT2D eigenvalue weighted by Gasteiger charge is 2.35. The van der Waals surface area contributed by atoms with E-state index in [1.807, 2.05) is 6.07 Å². The summed E-state index contributed by atoms with van der Waals surface area (Å²) in [6, 6.07) is 6.89. The SMILES string of the molecule is O=C1[C@@H](Cc2ccc(Cl)nc2)CCN1c1[nH]nc(-c2ccncc2)c1F. The fourth-order valence-electron chi connectivity index (χ4n) is 3.16. The van der Waals surface area contributed by atoms with Crippen LogP contribution < -0.4 is 4.90 Å². The maximum atomic E-state index is 14.8. The molecule has 0 aliphatic carbocycles. The van der Waals surface area contributed by atoms with Crippen molar-refractivity contribution in [3.63, 3.8) is 0 Å². The third kappa shape index (κ3) is 3.06. The highest BCUT2D eigenvalue weighted by atomic mass is 35.5. The fourth-order valence-corrected chi connectivity index (χ4v) is 3.27. The van der Waals surface area contributed by atoms with Gasteiger partial charge in [0.2, 0.25) is 5.91 Å². The van der Waals surface area contributed by atoms with Gasteiger partial charge >= 0.3 is 0 Å². The van der Waals surface area contributed by atoms with Crippen LogP contribution in [0.15, 0.2) is 42.9 Å². The lowest BCUT2D eigenvalue weighted by Gasteiger charge is -2.14. The third-order valence-corrected chi connectivity index (χ3v) is 4.72. The Kier molecular flexibility index (Phi) is 4.38. The summed E-state index contributed by atoms with van der Waals surface area (Å²) in [4.78, 5) is 22.1. The first-order chi connectivity index (χ1) is 12.6. The zero-order valence-corrected chi connectivity index (χ0v) is 14.4. The van der Waals surface area contributed by atoms with Crippen molar-refractivity contribution in [2.24, 2.45) is 5.92 Å². The van der Waals surface area contributed by atoms with Crippen molar-refractivity contribution in [2.45, 2.75) is 12.8 Å². The molecule has 0 radical (unpaired) electrons. The van der Waals surface area contributed by atoms with Gasteiger partial charge in [0.25, 0.3) is 0 Å². The summed E-state index contributed by atoms with van der Waals surface area (Å²) in [6.45, 7) is 0.444. The van der Waals surface area contributed by atoms with E-state index in [1.165, 1.54) is 4.90 Å². The monoisotopic (exact) mass is 371 g/mol. The second-order valence-electron chi connectivity index (χ2n) is 6.14. The number of aromatic nitrogens is 4. The van der Waals surface area contributed by atoms with Crippen LogP contribution in [0.25, 0.3) is 11.3 Å². The van der Waals surface area contributed by atoms with Gasteiger partial charge in [0.1, 0.15) is 10.8 Å². The molecule has 1 saturated heterocycles. The van der Waals surface area contributed by atoms with E-state index < -0.39 is 5.82 Å². The Labute approximate surface area is 154 Å². The Bertz CT molecular complexity index is 929. The van der Waals surface area contributed by atoms with Gasteiger partial charge in [-0.2, -0.15) is 5.10 Å². The number of carbonyl (C=O) groups excluding carboxylic acids is 1. The topological polar surface area (TPSA) is 74.8 Å². The molecule has 4 rings (SSSR count). The molecule has 132 valence electrons. The van der Waals surface area contributed by atoms with Gasteiger partial charge in [-0.25, -0.2) is 9.37 Å². The van der Waals surface area contributed by atoms with Gasteiger partial charge in [0.05, 0.1) is 0 Å². The molecule has 1 aliphatic heterocycles. The minimum absolute atomic E-state index is 0.110. The number of hydrogen-bond acceptors (Lipinski definition) is 4. The van der Waals surface area contributed by atoms with E-state index in [2.05, 4.69) is 20.2 Å². The minimum atomic E-state index is -0.529. The molecule has 0 spiro atoms. The van der Waals surface area contributed by atoms with Crippen molar-refractivity contribution in [3.05, 3.63) is 59.4 Å². The van der Waals surface area contributed by atoms with E-state index >= 15 is 0 Å². The molecule has 0 unspecified atom stereocenters. The van der Waals surface area contributed by atoms with E-state index in [9.17, 15) is 9.18 Å². The van der Waals surface area contributed by atoms with E-state index in [4.69, 9.17) is 11.6 Å². The van der Waals surface area contributed by atoms with Crippen molar-refractivity contribution in [1.29, 1.82) is 0 Å². The molecule has 1 amide bonds. The van der Waals surface area contributed by atoms with Crippen LogP contribution in [0, 0.1) is 11.7 Å². The van der Waals surface area contributed by atoms with Crippen LogP contribution in [0.1, 0.15) is 12.0 Å². The van der Waals surface area contributed by atoms with Crippen LogP contribution in [0.5, 0.6) is 0 Å². The summed E-state index contributed by atoms with van der Waals surface area (Å²) in [5.41, 5.74) is 1.72. The Morgan fingerprint density at radius 2 is 2.08 bits per heavy atom. The highest BCUT2D eigenvalue weighted by Crippen LogP contribution is 2.32. The lowest BCUT2D eigenvalue weighted by atomic mass is 9.99. The van der Waals surface area contributed by atoms with Crippen molar-refractivity contribution in [1.82, 2.24) is 20.2 Å². The molecule has 8 heteroatoms. The van der Waals surface area contributed by atoms with Crippen LogP contribution in [0.2, 0.25) is 5.15 Å². The first-order valence-corrected chi connectivity index (χ1v) is 8.57. The summed E-state index contributed by atoms with van der Waals surface area (Å²) < 4.78 is 14.8. The number of nitrogens with zero attached hydrogens (tertiary/aromatic N) is 4. The van der Waals surface area contributed by atoms with Crippen LogP contribution in [0.3, 0.4) is 0 Å². The van der Waals surface area contributed by atoms with E-state index in [0.717, 1.165) is 5.56 Å². The molecule has 0 bridgehead atoms. The van der Waals surface area contributed by atoms with Crippen LogP contribution >= 0.6 is 11.6 Å². The smallest absolute Gasteiger partial charge is 0.231 e. The number of carbonyl (C=O) groups is 1. The van der Waals surface area contributed by atoms with Crippen LogP contribution in [-0.2, 0) is 11.2 Å². The summed E-state index contributed by atoms with van der Waals surface area (Å²) >= 11 is 5.79. The first kappa shape index (κ1) is 16.7. The first-order valence-electron chi connectivity index (χ1n) is 8.19. The third-order valence-electron chi connectivity index (χ3n) is 4.50. The molecule has 0 aromatic carbocycles. The maximum Gasteiger partial charge on any atom is 0.231 e. The number of halogens is 2. The molecular weight excluding hydrogens is 357 g/mol. The largest absolute Gasteiger partial charge is 0.294 e. The molecule has 1 fully saturated rings. The quantitative estimate of drug-likeness (QED) is 0.714. The second-order valence-corrected chi connectivity index (χ2v) is 6.53. The zero-order chi connectivity index (χ0) is 18.1. The highest BCUT2D eigenvalue weighted by molar-refractivity contribution is 6.29. The minimum Gasteiger partial charge on any atom is -0.294 e. The van der Waals surface area contributed by atoms with Crippen molar-refractivity contribution in [2.75, 3.05) is 11.4 Å². The molecule has 0 saturated carbocycles. The lowest BCUT2D eigenvalue weighted by Crippen LogP contribution is -2.28. The molecule has 1 aliphatic rings. The van der Waals surface area contributed by atoms with Crippen LogP contribution in [0.4, 0.5) is 10.2 Å². The predicted octanol–water partition coefficient (Wildman–Crippen LogP) is 3.25. The van der Waals surface area contributed by atoms with Gasteiger partial charge < -0.3 is 0 Å². The summed E-state index contributed by atoms with van der Waals surface area (Å²) in [5, 5.41) is 7.12. The average Bonchev–Trinajstić information content (AvgIpc) is 3.21. The van der Waals surface area contributed by atoms with Gasteiger partial charge in [-0.05, 0) is 36.6 Å². The normalized spacial score (nSPS) is 17.1. The summed E-state index contributed by atoms with van der Waals surface area (Å²) in [6.07, 6.45) is 5.99. The second kappa shape index (κ2) is 6.84. The molecule has 3 aromatic rings. The molecule has 26 heavy (non-hydrogen) atoms. The van der Waals surface area contributed by atoms with Gasteiger partial charge in [-0.3, -0.25) is 19.8 Å². The number of aromatic amines is 1. The fraction of sp³-hybridized carbons (Fsp3) is 0.222. The molecule has 6 nitrogen and oxygen atoms in total. The Morgan fingerprint density at radius 1 is 1.27 bits per heavy atom. The molecule has 1 N–H and O–H groups in total. The molecular formula is C18H15ClFN5O. The maximum absolute atomic E-state index is 14.8. The van der Waals surface area contributed by atoms with Gasteiger partial charge in [-0.15, -0.1) is 0 Å². The number of H-pyrrole nitrogens is 1. The van der Waals surface area contributed by atoms with Crippen molar-refractivity contribution < 1.29 is 9.18 Å². The number of amides is 1. The zero-order valence-electron chi connectivity index (χ0n) is 13.7. The van der Waals surface area contributed by atoms with Gasteiger partial charge in [0.15, 0.2) is 11.6 Å². The summed E-state index contributed by atoms with van der Waals surface area (Å²) in [5.74, 6) is -0.759. The van der Waals surface area contributed by atoms with E-state index in [-0.39, 0.29) is 23.3 Å². The van der Waals surface area contributed by atoms with Gasteiger partial charge in [0, 0.05) is 36.6 Å². The van der Waals surface area contributed by atoms with Gasteiger partial charge in [-0.1, -0.05) is 17.7 Å². The predicted molar refractivity (Wildman–Crippen MR) is 95.2 cm³/mol. The van der Waals surface area contributed by atoms with E-state index in [0.29, 0.717) is 30.1 Å². The van der Waals surface area contributed by atoms with Crippen molar-refractivity contribution >= 4 is 23.3 Å². The standard InChI is InChI=1S/C18H15ClFN5O/c19-14-2-1-11(10-22-14)9-13-5-8-25(18(13)26)17-15(20)16(23-24-17)12-3-6-21-7-4-12/h1-4,6-7,10,13H,5,8-9H2,(H,23,24)/t13-/m1/s1. The number of anilines is 1. The molecule has 4 heterocycles. The molecule has 1 atom stereocenters. The Balaban J connectivity index is 1.53. The average molecular weight is 372 g/mol. The summed E-state index contributed by atoms with van der Waals surface area (Å²) in [7, 11) is 0.